The summed E-state index contributed by atoms with van der Waals surface area (Å²) in [5, 5.41) is 8.94. The molecule has 3 rings (SSSR count). The van der Waals surface area contributed by atoms with Crippen LogP contribution in [-0.4, -0.2) is 20.6 Å². The molecule has 1 heterocycles. The summed E-state index contributed by atoms with van der Waals surface area (Å²) in [4.78, 5) is 15.3. The molecule has 0 aliphatic heterocycles. The summed E-state index contributed by atoms with van der Waals surface area (Å²) < 4.78 is 3.03. The molecule has 110 valence electrons. The highest BCUT2D eigenvalue weighted by atomic mass is 79.9. The van der Waals surface area contributed by atoms with Crippen molar-refractivity contribution >= 4 is 21.9 Å². The van der Waals surface area contributed by atoms with Crippen LogP contribution in [0.3, 0.4) is 0 Å². The minimum absolute atomic E-state index is 0.292. The normalized spacial score (nSPS) is 10.6. The average Bonchev–Trinajstić information content (AvgIpc) is 2.96. The Morgan fingerprint density at radius 3 is 2.55 bits per heavy atom. The van der Waals surface area contributed by atoms with E-state index in [4.69, 9.17) is 5.11 Å². The Kier molecular flexibility index (Phi) is 4.06. The zero-order chi connectivity index (χ0) is 15.5. The number of hydrogen-bond donors (Lipinski definition) is 1. The van der Waals surface area contributed by atoms with Gasteiger partial charge in [-0.25, -0.2) is 9.78 Å². The Morgan fingerprint density at radius 2 is 1.86 bits per heavy atom. The molecule has 0 aliphatic carbocycles. The number of halogens is 1. The van der Waals surface area contributed by atoms with E-state index in [0.717, 1.165) is 21.4 Å². The quantitative estimate of drug-likeness (QED) is 0.766. The van der Waals surface area contributed by atoms with Gasteiger partial charge >= 0.3 is 5.97 Å². The van der Waals surface area contributed by atoms with Gasteiger partial charge < -0.3 is 9.67 Å². The van der Waals surface area contributed by atoms with Crippen molar-refractivity contribution in [3.05, 3.63) is 76.5 Å². The van der Waals surface area contributed by atoms with Crippen molar-refractivity contribution in [3.8, 4) is 11.4 Å². The molecular formula is C17H13BrN2O2. The van der Waals surface area contributed by atoms with Crippen LogP contribution in [0.2, 0.25) is 0 Å². The predicted octanol–water partition coefficient (Wildman–Crippen LogP) is 4.06. The Morgan fingerprint density at radius 1 is 1.14 bits per heavy atom. The second-order valence-electron chi connectivity index (χ2n) is 4.86. The summed E-state index contributed by atoms with van der Waals surface area (Å²) >= 11 is 3.54. The number of carbonyl (C=O) groups is 1. The predicted molar refractivity (Wildman–Crippen MR) is 87.9 cm³/mol. The van der Waals surface area contributed by atoms with E-state index in [1.54, 1.807) is 18.3 Å². The molecule has 0 unspecified atom stereocenters. The molecule has 3 aromatic rings. The van der Waals surface area contributed by atoms with E-state index in [0.29, 0.717) is 12.1 Å². The number of hydrogen-bond acceptors (Lipinski definition) is 2. The molecule has 0 saturated carbocycles. The highest BCUT2D eigenvalue weighted by Gasteiger charge is 2.10. The Balaban J connectivity index is 1.90. The first kappa shape index (κ1) is 14.5. The minimum Gasteiger partial charge on any atom is -0.478 e. The van der Waals surface area contributed by atoms with Crippen molar-refractivity contribution < 1.29 is 9.90 Å². The van der Waals surface area contributed by atoms with Gasteiger partial charge in [-0.05, 0) is 23.8 Å². The number of carboxylic acids is 1. The van der Waals surface area contributed by atoms with E-state index in [-0.39, 0.29) is 0 Å². The van der Waals surface area contributed by atoms with Crippen LogP contribution in [-0.2, 0) is 6.54 Å². The van der Waals surface area contributed by atoms with Gasteiger partial charge in [-0.3, -0.25) is 0 Å². The Bertz CT molecular complexity index is 810. The monoisotopic (exact) mass is 356 g/mol. The van der Waals surface area contributed by atoms with Crippen LogP contribution in [0, 0.1) is 0 Å². The van der Waals surface area contributed by atoms with Crippen LogP contribution >= 0.6 is 15.9 Å². The molecule has 0 spiro atoms. The third kappa shape index (κ3) is 2.94. The van der Waals surface area contributed by atoms with Crippen LogP contribution in [0.25, 0.3) is 11.4 Å². The standard InChI is InChI=1S/C17H13BrN2O2/c18-15-4-2-1-3-14(15)16-19-9-10-20(16)11-12-5-7-13(8-6-12)17(21)22/h1-10H,11H2,(H,21,22). The first-order valence-electron chi connectivity index (χ1n) is 6.73. The van der Waals surface area contributed by atoms with Crippen molar-refractivity contribution in [2.24, 2.45) is 0 Å². The van der Waals surface area contributed by atoms with E-state index in [1.165, 1.54) is 0 Å². The molecule has 0 fully saturated rings. The molecule has 0 amide bonds. The second kappa shape index (κ2) is 6.15. The number of aromatic carboxylic acids is 1. The zero-order valence-electron chi connectivity index (χ0n) is 11.6. The largest absolute Gasteiger partial charge is 0.478 e. The number of rotatable bonds is 4. The highest BCUT2D eigenvalue weighted by Crippen LogP contribution is 2.27. The van der Waals surface area contributed by atoms with Crippen molar-refractivity contribution in [3.63, 3.8) is 0 Å². The van der Waals surface area contributed by atoms with Crippen molar-refractivity contribution in [1.29, 1.82) is 0 Å². The van der Waals surface area contributed by atoms with E-state index in [9.17, 15) is 4.79 Å². The lowest BCUT2D eigenvalue weighted by Crippen LogP contribution is -2.02. The summed E-state index contributed by atoms with van der Waals surface area (Å²) in [5.41, 5.74) is 2.34. The summed E-state index contributed by atoms with van der Waals surface area (Å²) in [7, 11) is 0. The van der Waals surface area contributed by atoms with Crippen LogP contribution in [0.5, 0.6) is 0 Å². The molecular weight excluding hydrogens is 344 g/mol. The van der Waals surface area contributed by atoms with Crippen LogP contribution < -0.4 is 0 Å². The number of aromatic nitrogens is 2. The smallest absolute Gasteiger partial charge is 0.335 e. The first-order valence-corrected chi connectivity index (χ1v) is 7.53. The summed E-state index contributed by atoms with van der Waals surface area (Å²) in [6, 6.07) is 14.8. The minimum atomic E-state index is -0.914. The fourth-order valence-electron chi connectivity index (χ4n) is 2.27. The maximum Gasteiger partial charge on any atom is 0.335 e. The molecule has 0 radical (unpaired) electrons. The Hall–Kier alpha value is -2.40. The molecule has 0 bridgehead atoms. The first-order chi connectivity index (χ1) is 10.6. The van der Waals surface area contributed by atoms with Gasteiger partial charge in [-0.15, -0.1) is 0 Å². The van der Waals surface area contributed by atoms with Gasteiger partial charge in [0, 0.05) is 29.0 Å². The van der Waals surface area contributed by atoms with Crippen LogP contribution in [0.15, 0.2) is 65.4 Å². The van der Waals surface area contributed by atoms with Gasteiger partial charge in [0.2, 0.25) is 0 Å². The van der Waals surface area contributed by atoms with E-state index in [2.05, 4.69) is 20.9 Å². The van der Waals surface area contributed by atoms with Gasteiger partial charge in [-0.2, -0.15) is 0 Å². The number of imidazole rings is 1. The third-order valence-electron chi connectivity index (χ3n) is 3.38. The molecule has 0 aliphatic rings. The van der Waals surface area contributed by atoms with E-state index >= 15 is 0 Å². The molecule has 0 saturated heterocycles. The zero-order valence-corrected chi connectivity index (χ0v) is 13.2. The Labute approximate surface area is 136 Å². The van der Waals surface area contributed by atoms with Crippen LogP contribution in [0.4, 0.5) is 0 Å². The number of nitrogens with zero attached hydrogens (tertiary/aromatic N) is 2. The highest BCUT2D eigenvalue weighted by molar-refractivity contribution is 9.10. The number of benzene rings is 2. The third-order valence-corrected chi connectivity index (χ3v) is 4.08. The van der Waals surface area contributed by atoms with Crippen molar-refractivity contribution in [2.45, 2.75) is 6.54 Å². The van der Waals surface area contributed by atoms with E-state index in [1.807, 2.05) is 47.2 Å². The van der Waals surface area contributed by atoms with Gasteiger partial charge in [0.15, 0.2) is 0 Å². The molecule has 4 nitrogen and oxygen atoms in total. The van der Waals surface area contributed by atoms with Gasteiger partial charge in [0.25, 0.3) is 0 Å². The molecule has 1 aromatic heterocycles. The lowest BCUT2D eigenvalue weighted by atomic mass is 10.1. The van der Waals surface area contributed by atoms with Gasteiger partial charge in [0.05, 0.1) is 5.56 Å². The average molecular weight is 357 g/mol. The maximum absolute atomic E-state index is 10.9. The SMILES string of the molecule is O=C(O)c1ccc(Cn2ccnc2-c2ccccc2Br)cc1. The van der Waals surface area contributed by atoms with Crippen LogP contribution in [0.1, 0.15) is 15.9 Å². The van der Waals surface area contributed by atoms with Crippen molar-refractivity contribution in [1.82, 2.24) is 9.55 Å². The summed E-state index contributed by atoms with van der Waals surface area (Å²) in [6.45, 7) is 0.635. The molecule has 2 aromatic carbocycles. The lowest BCUT2D eigenvalue weighted by molar-refractivity contribution is 0.0697. The molecule has 5 heteroatoms. The maximum atomic E-state index is 10.9. The fraction of sp³-hybridized carbons (Fsp3) is 0.0588. The molecule has 0 atom stereocenters. The second-order valence-corrected chi connectivity index (χ2v) is 5.72. The van der Waals surface area contributed by atoms with Gasteiger partial charge in [-0.1, -0.05) is 46.3 Å². The van der Waals surface area contributed by atoms with E-state index < -0.39 is 5.97 Å². The lowest BCUT2D eigenvalue weighted by Gasteiger charge is -2.09. The topological polar surface area (TPSA) is 55.1 Å². The van der Waals surface area contributed by atoms with Crippen molar-refractivity contribution in [2.75, 3.05) is 0 Å². The summed E-state index contributed by atoms with van der Waals surface area (Å²) in [5.74, 6) is -0.0436. The fourth-order valence-corrected chi connectivity index (χ4v) is 2.74. The van der Waals surface area contributed by atoms with Gasteiger partial charge in [0.1, 0.15) is 5.82 Å². The summed E-state index contributed by atoms with van der Waals surface area (Å²) in [6.07, 6.45) is 3.68. The molecule has 1 N–H and O–H groups in total. The number of carboxylic acid groups (broad SMARTS) is 1. The molecule has 22 heavy (non-hydrogen) atoms.